The first-order valence-corrected chi connectivity index (χ1v) is 7.72. The third-order valence-corrected chi connectivity index (χ3v) is 6.15. The molecule has 5 unspecified atom stereocenters. The van der Waals surface area contributed by atoms with Crippen LogP contribution in [-0.2, 0) is 0 Å². The Bertz CT molecular complexity index is 205. The first-order valence-electron chi connectivity index (χ1n) is 6.78. The molecule has 0 aromatic heterocycles. The number of hydrogen-bond donors (Lipinski definition) is 1. The van der Waals surface area contributed by atoms with Gasteiger partial charge in [-0.3, -0.25) is 0 Å². The largest absolute Gasteiger partial charge is 0.316 e. The van der Waals surface area contributed by atoms with Crippen molar-refractivity contribution < 1.29 is 0 Å². The fourth-order valence-corrected chi connectivity index (χ4v) is 4.37. The van der Waals surface area contributed by atoms with Crippen molar-refractivity contribution in [3.8, 4) is 0 Å². The van der Waals surface area contributed by atoms with E-state index in [2.05, 4.69) is 58.7 Å². The van der Waals surface area contributed by atoms with E-state index in [1.54, 1.807) is 0 Å². The van der Waals surface area contributed by atoms with Crippen molar-refractivity contribution in [2.75, 3.05) is 7.05 Å². The molecule has 5 atom stereocenters. The lowest BCUT2D eigenvalue weighted by Gasteiger charge is -2.40. The van der Waals surface area contributed by atoms with E-state index < -0.39 is 0 Å². The number of nitrogens with one attached hydrogen (secondary N) is 1. The van der Waals surface area contributed by atoms with Crippen LogP contribution in [0, 0.1) is 17.8 Å². The molecule has 0 bridgehead atoms. The molecule has 96 valence electrons. The van der Waals surface area contributed by atoms with Crippen LogP contribution in [0.3, 0.4) is 0 Å². The maximum Gasteiger partial charge on any atom is 0.0229 e. The monoisotopic (exact) mass is 243 g/mol. The average Bonchev–Trinajstić information content (AvgIpc) is 2.21. The first kappa shape index (κ1) is 14.4. The number of hydrogen-bond acceptors (Lipinski definition) is 2. The van der Waals surface area contributed by atoms with E-state index >= 15 is 0 Å². The van der Waals surface area contributed by atoms with Gasteiger partial charge in [0.2, 0.25) is 0 Å². The summed E-state index contributed by atoms with van der Waals surface area (Å²) in [6, 6.07) is 0.713. The maximum absolute atomic E-state index is 3.54. The molecule has 0 saturated heterocycles. The zero-order chi connectivity index (χ0) is 12.3. The summed E-state index contributed by atoms with van der Waals surface area (Å²) < 4.78 is 0. The Labute approximate surface area is 106 Å². The summed E-state index contributed by atoms with van der Waals surface area (Å²) >= 11 is 2.21. The summed E-state index contributed by atoms with van der Waals surface area (Å²) in [5, 5.41) is 5.12. The SMILES string of the molecule is CNC1CC(C)CC(C)C1SC(C)C(C)C. The third-order valence-electron chi connectivity index (χ3n) is 4.07. The van der Waals surface area contributed by atoms with Crippen molar-refractivity contribution in [1.82, 2.24) is 5.32 Å². The van der Waals surface area contributed by atoms with Crippen LogP contribution in [0.25, 0.3) is 0 Å². The molecule has 1 saturated carbocycles. The van der Waals surface area contributed by atoms with Gasteiger partial charge in [0.1, 0.15) is 0 Å². The number of rotatable bonds is 4. The summed E-state index contributed by atoms with van der Waals surface area (Å²) in [7, 11) is 2.13. The molecular weight excluding hydrogens is 214 g/mol. The Balaban J connectivity index is 2.60. The van der Waals surface area contributed by atoms with Crippen molar-refractivity contribution in [2.45, 2.75) is 64.0 Å². The van der Waals surface area contributed by atoms with Gasteiger partial charge in [0, 0.05) is 16.5 Å². The molecular formula is C14H29NS. The molecule has 1 fully saturated rings. The minimum atomic E-state index is 0.713. The van der Waals surface area contributed by atoms with Gasteiger partial charge in [0.15, 0.2) is 0 Å². The summed E-state index contributed by atoms with van der Waals surface area (Å²) in [6.45, 7) is 11.9. The molecule has 0 aromatic rings. The van der Waals surface area contributed by atoms with Crippen LogP contribution < -0.4 is 5.32 Å². The fourth-order valence-electron chi connectivity index (χ4n) is 2.75. The molecule has 2 heteroatoms. The smallest absolute Gasteiger partial charge is 0.0229 e. The second-order valence-corrected chi connectivity index (χ2v) is 7.56. The standard InChI is InChI=1S/C14H29NS/c1-9(2)12(5)16-14-11(4)7-10(3)8-13(14)15-6/h9-15H,7-8H2,1-6H3. The van der Waals surface area contributed by atoms with Crippen LogP contribution in [0.1, 0.15) is 47.5 Å². The van der Waals surface area contributed by atoms with Gasteiger partial charge in [0.05, 0.1) is 0 Å². The Kier molecular flexibility index (Phi) is 5.66. The van der Waals surface area contributed by atoms with Gasteiger partial charge in [-0.15, -0.1) is 0 Å². The van der Waals surface area contributed by atoms with E-state index in [9.17, 15) is 0 Å². The Morgan fingerprint density at radius 3 is 2.25 bits per heavy atom. The molecule has 16 heavy (non-hydrogen) atoms. The van der Waals surface area contributed by atoms with E-state index in [0.29, 0.717) is 6.04 Å². The van der Waals surface area contributed by atoms with Gasteiger partial charge < -0.3 is 5.32 Å². The highest BCUT2D eigenvalue weighted by Crippen LogP contribution is 2.39. The van der Waals surface area contributed by atoms with E-state index in [1.807, 2.05) is 0 Å². The summed E-state index contributed by atoms with van der Waals surface area (Å²) in [5.74, 6) is 2.53. The highest BCUT2D eigenvalue weighted by molar-refractivity contribution is 8.00. The molecule has 0 spiro atoms. The molecule has 0 aliphatic heterocycles. The second kappa shape index (κ2) is 6.30. The van der Waals surface area contributed by atoms with Gasteiger partial charge in [-0.25, -0.2) is 0 Å². The fraction of sp³-hybridized carbons (Fsp3) is 1.00. The van der Waals surface area contributed by atoms with Gasteiger partial charge >= 0.3 is 0 Å². The van der Waals surface area contributed by atoms with E-state index in [0.717, 1.165) is 28.3 Å². The van der Waals surface area contributed by atoms with Gasteiger partial charge in [0.25, 0.3) is 0 Å². The number of thioether (sulfide) groups is 1. The average molecular weight is 243 g/mol. The molecule has 0 aromatic carbocycles. The Morgan fingerprint density at radius 1 is 1.12 bits per heavy atom. The molecule has 1 N–H and O–H groups in total. The molecule has 0 heterocycles. The van der Waals surface area contributed by atoms with Crippen molar-refractivity contribution in [1.29, 1.82) is 0 Å². The van der Waals surface area contributed by atoms with Crippen molar-refractivity contribution in [3.63, 3.8) is 0 Å². The predicted octanol–water partition coefficient (Wildman–Crippen LogP) is 3.79. The zero-order valence-electron chi connectivity index (χ0n) is 11.8. The van der Waals surface area contributed by atoms with Crippen LogP contribution in [0.5, 0.6) is 0 Å². The predicted molar refractivity (Wildman–Crippen MR) is 76.1 cm³/mol. The first-order chi connectivity index (χ1) is 7.45. The van der Waals surface area contributed by atoms with Gasteiger partial charge in [-0.1, -0.05) is 34.6 Å². The van der Waals surface area contributed by atoms with Crippen molar-refractivity contribution >= 4 is 11.8 Å². The Morgan fingerprint density at radius 2 is 1.75 bits per heavy atom. The van der Waals surface area contributed by atoms with Crippen molar-refractivity contribution in [2.24, 2.45) is 17.8 Å². The maximum atomic E-state index is 3.54. The lowest BCUT2D eigenvalue weighted by atomic mass is 9.80. The molecule has 1 aliphatic carbocycles. The van der Waals surface area contributed by atoms with Crippen LogP contribution in [0.15, 0.2) is 0 Å². The molecule has 0 radical (unpaired) electrons. The molecule has 1 nitrogen and oxygen atoms in total. The topological polar surface area (TPSA) is 12.0 Å². The zero-order valence-corrected chi connectivity index (χ0v) is 12.6. The third kappa shape index (κ3) is 3.66. The van der Waals surface area contributed by atoms with Crippen LogP contribution >= 0.6 is 11.8 Å². The van der Waals surface area contributed by atoms with Crippen molar-refractivity contribution in [3.05, 3.63) is 0 Å². The summed E-state index contributed by atoms with van der Waals surface area (Å²) in [4.78, 5) is 0. The lowest BCUT2D eigenvalue weighted by Crippen LogP contribution is -2.45. The van der Waals surface area contributed by atoms with E-state index in [1.165, 1.54) is 12.8 Å². The highest BCUT2D eigenvalue weighted by Gasteiger charge is 2.34. The Hall–Kier alpha value is 0.310. The molecule has 0 amide bonds. The highest BCUT2D eigenvalue weighted by atomic mass is 32.2. The van der Waals surface area contributed by atoms with Crippen LogP contribution in [0.2, 0.25) is 0 Å². The van der Waals surface area contributed by atoms with Gasteiger partial charge in [-0.05, 0) is 37.6 Å². The summed E-state index contributed by atoms with van der Waals surface area (Å²) in [5.41, 5.74) is 0. The van der Waals surface area contributed by atoms with Gasteiger partial charge in [-0.2, -0.15) is 11.8 Å². The minimum Gasteiger partial charge on any atom is -0.316 e. The van der Waals surface area contributed by atoms with Crippen LogP contribution in [0.4, 0.5) is 0 Å². The summed E-state index contributed by atoms with van der Waals surface area (Å²) in [6.07, 6.45) is 2.75. The quantitative estimate of drug-likeness (QED) is 0.806. The molecule has 1 aliphatic rings. The van der Waals surface area contributed by atoms with E-state index in [-0.39, 0.29) is 0 Å². The van der Waals surface area contributed by atoms with Crippen LogP contribution in [-0.4, -0.2) is 23.6 Å². The normalized spacial score (nSPS) is 37.7. The molecule has 1 rings (SSSR count). The lowest BCUT2D eigenvalue weighted by molar-refractivity contribution is 0.256. The second-order valence-electron chi connectivity index (χ2n) is 6.00. The van der Waals surface area contributed by atoms with E-state index in [4.69, 9.17) is 0 Å². The minimum absolute atomic E-state index is 0.713.